The molecule has 7 nitrogen and oxygen atoms in total. The minimum absolute atomic E-state index is 0.0388. The minimum atomic E-state index is 0.0388. The van der Waals surface area contributed by atoms with Gasteiger partial charge in [-0.3, -0.25) is 9.58 Å². The van der Waals surface area contributed by atoms with Crippen LogP contribution in [-0.2, 0) is 24.2 Å². The van der Waals surface area contributed by atoms with Crippen LogP contribution in [0.25, 0.3) is 0 Å². The number of ether oxygens (including phenoxy) is 1. The normalized spacial score (nSPS) is 23.1. The molecule has 2 saturated heterocycles. The second-order valence-corrected chi connectivity index (χ2v) is 8.18. The molecule has 2 aromatic rings. The summed E-state index contributed by atoms with van der Waals surface area (Å²) < 4.78 is 13.7. The Morgan fingerprint density at radius 3 is 2.74 bits per heavy atom. The first-order valence-electron chi connectivity index (χ1n) is 10.2. The molecule has 1 unspecified atom stereocenters. The molecular formula is C20H31N5O2. The van der Waals surface area contributed by atoms with E-state index in [1.807, 2.05) is 13.1 Å². The van der Waals surface area contributed by atoms with Gasteiger partial charge in [-0.25, -0.2) is 0 Å². The Morgan fingerprint density at radius 2 is 2.07 bits per heavy atom. The summed E-state index contributed by atoms with van der Waals surface area (Å²) in [6.45, 7) is 11.1. The highest BCUT2D eigenvalue weighted by atomic mass is 16.5. The summed E-state index contributed by atoms with van der Waals surface area (Å²) in [7, 11) is 0. The topological polar surface area (TPSA) is 69.2 Å². The van der Waals surface area contributed by atoms with Crippen molar-refractivity contribution >= 4 is 0 Å². The summed E-state index contributed by atoms with van der Waals surface area (Å²) in [4.78, 5) is 6.92. The molecule has 2 fully saturated rings. The van der Waals surface area contributed by atoms with Crippen molar-refractivity contribution in [2.75, 3.05) is 19.7 Å². The Hall–Kier alpha value is -1.73. The van der Waals surface area contributed by atoms with E-state index < -0.39 is 0 Å². The van der Waals surface area contributed by atoms with Crippen molar-refractivity contribution in [2.24, 2.45) is 5.92 Å². The summed E-state index contributed by atoms with van der Waals surface area (Å²) in [5, 5.41) is 8.40. The molecule has 2 aromatic heterocycles. The van der Waals surface area contributed by atoms with Crippen molar-refractivity contribution < 1.29 is 9.26 Å². The largest absolute Gasteiger partial charge is 0.375 e. The van der Waals surface area contributed by atoms with E-state index in [1.165, 1.54) is 11.3 Å². The monoisotopic (exact) mass is 373 g/mol. The first-order valence-corrected chi connectivity index (χ1v) is 10.2. The molecule has 0 saturated carbocycles. The third kappa shape index (κ3) is 4.09. The Bertz CT molecular complexity index is 760. The van der Waals surface area contributed by atoms with Crippen molar-refractivity contribution in [2.45, 2.75) is 71.6 Å². The highest BCUT2D eigenvalue weighted by Gasteiger charge is 2.40. The van der Waals surface area contributed by atoms with Crippen LogP contribution in [0.1, 0.15) is 55.6 Å². The van der Waals surface area contributed by atoms with Crippen molar-refractivity contribution in [3.8, 4) is 0 Å². The Morgan fingerprint density at radius 1 is 1.26 bits per heavy atom. The van der Waals surface area contributed by atoms with E-state index in [-0.39, 0.29) is 5.60 Å². The van der Waals surface area contributed by atoms with Gasteiger partial charge in [-0.05, 0) is 52.4 Å². The van der Waals surface area contributed by atoms with Crippen LogP contribution in [0.4, 0.5) is 0 Å². The molecule has 2 aliphatic rings. The number of hydrogen-bond donors (Lipinski definition) is 0. The maximum Gasteiger partial charge on any atom is 0.226 e. The van der Waals surface area contributed by atoms with Crippen LogP contribution >= 0.6 is 0 Å². The number of aryl methyl sites for hydroxylation is 2. The molecule has 0 aliphatic carbocycles. The Kier molecular flexibility index (Phi) is 5.32. The molecule has 0 amide bonds. The van der Waals surface area contributed by atoms with Crippen LogP contribution in [0.2, 0.25) is 0 Å². The lowest BCUT2D eigenvalue weighted by molar-refractivity contribution is -0.128. The van der Waals surface area contributed by atoms with Gasteiger partial charge in [0, 0.05) is 50.5 Å². The quantitative estimate of drug-likeness (QED) is 0.803. The zero-order valence-corrected chi connectivity index (χ0v) is 16.8. The summed E-state index contributed by atoms with van der Waals surface area (Å²) >= 11 is 0. The third-order valence-electron chi connectivity index (χ3n) is 6.29. The number of likely N-dealkylation sites (tertiary alicyclic amines) is 1. The van der Waals surface area contributed by atoms with Gasteiger partial charge in [0.1, 0.15) is 0 Å². The number of hydrogen-bond acceptors (Lipinski definition) is 6. The first kappa shape index (κ1) is 18.6. The summed E-state index contributed by atoms with van der Waals surface area (Å²) in [6, 6.07) is 0. The summed E-state index contributed by atoms with van der Waals surface area (Å²) in [6.07, 6.45) is 7.31. The molecule has 4 rings (SSSR count). The van der Waals surface area contributed by atoms with Crippen LogP contribution in [0.15, 0.2) is 10.7 Å². The summed E-state index contributed by atoms with van der Waals surface area (Å²) in [5.74, 6) is 2.08. The lowest BCUT2D eigenvalue weighted by Crippen LogP contribution is -2.49. The van der Waals surface area contributed by atoms with Crippen LogP contribution in [0.5, 0.6) is 0 Å². The van der Waals surface area contributed by atoms with Crippen molar-refractivity contribution in [3.05, 3.63) is 29.2 Å². The highest BCUT2D eigenvalue weighted by molar-refractivity contribution is 5.16. The van der Waals surface area contributed by atoms with E-state index in [2.05, 4.69) is 38.7 Å². The van der Waals surface area contributed by atoms with E-state index in [0.29, 0.717) is 5.92 Å². The van der Waals surface area contributed by atoms with Crippen molar-refractivity contribution in [1.29, 1.82) is 0 Å². The smallest absolute Gasteiger partial charge is 0.226 e. The predicted molar refractivity (Wildman–Crippen MR) is 101 cm³/mol. The molecule has 1 atom stereocenters. The van der Waals surface area contributed by atoms with Gasteiger partial charge < -0.3 is 9.26 Å². The third-order valence-corrected chi connectivity index (χ3v) is 6.29. The summed E-state index contributed by atoms with van der Waals surface area (Å²) in [5.41, 5.74) is 2.68. The lowest BCUT2D eigenvalue weighted by Gasteiger charge is -2.46. The predicted octanol–water partition coefficient (Wildman–Crippen LogP) is 2.91. The molecule has 4 heterocycles. The second kappa shape index (κ2) is 7.72. The van der Waals surface area contributed by atoms with Crippen LogP contribution in [0, 0.1) is 19.8 Å². The van der Waals surface area contributed by atoms with Gasteiger partial charge in [0.05, 0.1) is 11.8 Å². The van der Waals surface area contributed by atoms with Gasteiger partial charge in [-0.1, -0.05) is 5.16 Å². The van der Waals surface area contributed by atoms with E-state index >= 15 is 0 Å². The van der Waals surface area contributed by atoms with E-state index in [0.717, 1.165) is 76.6 Å². The molecule has 7 heteroatoms. The van der Waals surface area contributed by atoms with Gasteiger partial charge in [0.25, 0.3) is 0 Å². The van der Waals surface area contributed by atoms with Gasteiger partial charge in [0.2, 0.25) is 5.89 Å². The fourth-order valence-electron chi connectivity index (χ4n) is 4.64. The molecule has 2 aliphatic heterocycles. The molecule has 148 valence electrons. The van der Waals surface area contributed by atoms with Gasteiger partial charge in [-0.15, -0.1) is 0 Å². The molecule has 27 heavy (non-hydrogen) atoms. The van der Waals surface area contributed by atoms with E-state index in [9.17, 15) is 0 Å². The van der Waals surface area contributed by atoms with E-state index in [1.54, 1.807) is 0 Å². The molecule has 0 bridgehead atoms. The van der Waals surface area contributed by atoms with Gasteiger partial charge >= 0.3 is 0 Å². The second-order valence-electron chi connectivity index (χ2n) is 8.18. The number of piperidine rings is 1. The SMILES string of the molecule is CCn1ncc(CN2CCC3(CC2)CC(Cc2nc(C)no2)CCO3)c1C. The average molecular weight is 374 g/mol. The standard InChI is InChI=1S/C20H31N5O2/c1-4-25-15(2)18(13-21-25)14-24-8-6-20(7-9-24)12-17(5-10-26-20)11-19-22-16(3)23-27-19/h13,17H,4-12,14H2,1-3H3. The minimum Gasteiger partial charge on any atom is -0.375 e. The highest BCUT2D eigenvalue weighted by Crippen LogP contribution is 2.39. The van der Waals surface area contributed by atoms with Crippen LogP contribution in [0.3, 0.4) is 0 Å². The van der Waals surface area contributed by atoms with Crippen molar-refractivity contribution in [3.63, 3.8) is 0 Å². The van der Waals surface area contributed by atoms with Gasteiger partial charge in [-0.2, -0.15) is 10.1 Å². The fraction of sp³-hybridized carbons (Fsp3) is 0.750. The molecule has 0 radical (unpaired) electrons. The van der Waals surface area contributed by atoms with Gasteiger partial charge in [0.15, 0.2) is 5.82 Å². The van der Waals surface area contributed by atoms with Crippen LogP contribution in [-0.4, -0.2) is 50.1 Å². The number of aromatic nitrogens is 4. The molecular weight excluding hydrogens is 342 g/mol. The number of nitrogens with zero attached hydrogens (tertiary/aromatic N) is 5. The lowest BCUT2D eigenvalue weighted by atomic mass is 9.78. The maximum absolute atomic E-state index is 6.31. The zero-order valence-electron chi connectivity index (χ0n) is 16.8. The number of rotatable bonds is 5. The Balaban J connectivity index is 1.32. The fourth-order valence-corrected chi connectivity index (χ4v) is 4.64. The average Bonchev–Trinajstić information content (AvgIpc) is 3.23. The van der Waals surface area contributed by atoms with Crippen LogP contribution < -0.4 is 0 Å². The zero-order chi connectivity index (χ0) is 18.9. The first-order chi connectivity index (χ1) is 13.1. The van der Waals surface area contributed by atoms with E-state index in [4.69, 9.17) is 9.26 Å². The van der Waals surface area contributed by atoms with Crippen molar-refractivity contribution in [1.82, 2.24) is 24.8 Å². The molecule has 0 aromatic carbocycles. The Labute approximate surface area is 161 Å². The molecule has 1 spiro atoms. The molecule has 0 N–H and O–H groups in total. The maximum atomic E-state index is 6.31.